The molecule has 2 nitrogen and oxygen atoms in total. The lowest BCUT2D eigenvalue weighted by atomic mass is 9.70. The number of hydrogen-bond donors (Lipinski definition) is 1. The maximum absolute atomic E-state index is 9.87. The molecule has 3 unspecified atom stereocenters. The van der Waals surface area contributed by atoms with Gasteiger partial charge in [0.2, 0.25) is 0 Å². The van der Waals surface area contributed by atoms with E-state index in [1.54, 1.807) is 0 Å². The zero-order valence-electron chi connectivity index (χ0n) is 12.9. The first-order chi connectivity index (χ1) is 8.55. The molecule has 0 bridgehead atoms. The van der Waals surface area contributed by atoms with E-state index in [2.05, 4.69) is 32.6 Å². The molecule has 0 amide bonds. The van der Waals surface area contributed by atoms with Gasteiger partial charge in [0, 0.05) is 25.1 Å². The summed E-state index contributed by atoms with van der Waals surface area (Å²) < 4.78 is 0. The topological polar surface area (TPSA) is 23.5 Å². The highest BCUT2D eigenvalue weighted by Gasteiger charge is 2.35. The number of aliphatic hydroxyl groups is 1. The minimum absolute atomic E-state index is 0.182. The molecule has 1 saturated carbocycles. The molecular formula is C16H33NO. The fourth-order valence-corrected chi connectivity index (χ4v) is 3.46. The highest BCUT2D eigenvalue weighted by molar-refractivity contribution is 4.87. The smallest absolute Gasteiger partial charge is 0.0499 e. The highest BCUT2D eigenvalue weighted by atomic mass is 16.3. The van der Waals surface area contributed by atoms with Gasteiger partial charge in [-0.1, -0.05) is 47.0 Å². The summed E-state index contributed by atoms with van der Waals surface area (Å²) in [6, 6.07) is 0. The van der Waals surface area contributed by atoms with Gasteiger partial charge in [-0.15, -0.1) is 0 Å². The average molecular weight is 255 g/mol. The van der Waals surface area contributed by atoms with Crippen LogP contribution in [-0.4, -0.2) is 36.2 Å². The van der Waals surface area contributed by atoms with E-state index >= 15 is 0 Å². The Balaban J connectivity index is 2.58. The lowest BCUT2D eigenvalue weighted by Crippen LogP contribution is -2.44. The molecule has 1 fully saturated rings. The molecule has 0 aromatic heterocycles. The third-order valence-corrected chi connectivity index (χ3v) is 4.79. The molecule has 0 aromatic rings. The van der Waals surface area contributed by atoms with Crippen LogP contribution in [0, 0.1) is 17.3 Å². The molecule has 1 aliphatic rings. The van der Waals surface area contributed by atoms with Gasteiger partial charge in [0.05, 0.1) is 0 Å². The summed E-state index contributed by atoms with van der Waals surface area (Å²) in [6.07, 6.45) is 6.31. The van der Waals surface area contributed by atoms with Crippen LogP contribution in [0.5, 0.6) is 0 Å². The van der Waals surface area contributed by atoms with Crippen LogP contribution in [0.15, 0.2) is 0 Å². The van der Waals surface area contributed by atoms with E-state index in [4.69, 9.17) is 0 Å². The van der Waals surface area contributed by atoms with Gasteiger partial charge in [0.1, 0.15) is 0 Å². The van der Waals surface area contributed by atoms with Gasteiger partial charge in [0.15, 0.2) is 0 Å². The molecule has 0 aliphatic heterocycles. The first-order valence-electron chi connectivity index (χ1n) is 7.88. The minimum atomic E-state index is 0.182. The number of nitrogens with zero attached hydrogens (tertiary/aromatic N) is 1. The Labute approximate surface area is 114 Å². The van der Waals surface area contributed by atoms with Gasteiger partial charge in [-0.05, 0) is 31.2 Å². The van der Waals surface area contributed by atoms with Crippen molar-refractivity contribution in [2.45, 2.75) is 59.8 Å². The van der Waals surface area contributed by atoms with Crippen LogP contribution in [0.2, 0.25) is 0 Å². The summed E-state index contributed by atoms with van der Waals surface area (Å²) in [6.45, 7) is 12.9. The molecule has 0 aromatic carbocycles. The van der Waals surface area contributed by atoms with E-state index in [9.17, 15) is 5.11 Å². The summed E-state index contributed by atoms with van der Waals surface area (Å²) >= 11 is 0. The van der Waals surface area contributed by atoms with Crippen molar-refractivity contribution in [1.29, 1.82) is 0 Å². The molecule has 0 spiro atoms. The lowest BCUT2D eigenvalue weighted by molar-refractivity contribution is 0.0216. The van der Waals surface area contributed by atoms with Crippen molar-refractivity contribution in [3.05, 3.63) is 0 Å². The lowest BCUT2D eigenvalue weighted by Gasteiger charge is -2.42. The SMILES string of the molecule is CCC(C)CN(CC)CC1(CO)CCCC(C)C1. The second-order valence-electron chi connectivity index (χ2n) is 6.70. The van der Waals surface area contributed by atoms with Crippen LogP contribution in [-0.2, 0) is 0 Å². The molecule has 1 rings (SSSR count). The molecule has 0 heterocycles. The van der Waals surface area contributed by atoms with Gasteiger partial charge >= 0.3 is 0 Å². The second kappa shape index (κ2) is 7.49. The maximum Gasteiger partial charge on any atom is 0.0499 e. The average Bonchev–Trinajstić information content (AvgIpc) is 2.37. The van der Waals surface area contributed by atoms with Crippen LogP contribution in [0.1, 0.15) is 59.8 Å². The molecule has 0 saturated heterocycles. The predicted molar refractivity (Wildman–Crippen MR) is 78.7 cm³/mol. The van der Waals surface area contributed by atoms with Gasteiger partial charge < -0.3 is 10.0 Å². The van der Waals surface area contributed by atoms with E-state index in [1.807, 2.05) is 0 Å². The summed E-state index contributed by atoms with van der Waals surface area (Å²) in [5.74, 6) is 1.55. The van der Waals surface area contributed by atoms with Crippen LogP contribution in [0.4, 0.5) is 0 Å². The van der Waals surface area contributed by atoms with Gasteiger partial charge in [-0.2, -0.15) is 0 Å². The van der Waals surface area contributed by atoms with Gasteiger partial charge in [-0.3, -0.25) is 0 Å². The van der Waals surface area contributed by atoms with Crippen LogP contribution < -0.4 is 0 Å². The molecule has 3 atom stereocenters. The normalized spacial score (nSPS) is 30.7. The van der Waals surface area contributed by atoms with Crippen LogP contribution >= 0.6 is 0 Å². The van der Waals surface area contributed by atoms with E-state index < -0.39 is 0 Å². The second-order valence-corrected chi connectivity index (χ2v) is 6.70. The molecule has 1 aliphatic carbocycles. The zero-order chi connectivity index (χ0) is 13.6. The highest BCUT2D eigenvalue weighted by Crippen LogP contribution is 2.39. The molecule has 0 radical (unpaired) electrons. The Morgan fingerprint density at radius 3 is 2.61 bits per heavy atom. The monoisotopic (exact) mass is 255 g/mol. The van der Waals surface area contributed by atoms with Crippen molar-refractivity contribution in [2.75, 3.05) is 26.2 Å². The number of aliphatic hydroxyl groups excluding tert-OH is 1. The van der Waals surface area contributed by atoms with E-state index in [1.165, 1.54) is 38.6 Å². The third kappa shape index (κ3) is 4.55. The van der Waals surface area contributed by atoms with Crippen molar-refractivity contribution in [2.24, 2.45) is 17.3 Å². The van der Waals surface area contributed by atoms with Crippen molar-refractivity contribution in [3.8, 4) is 0 Å². The Morgan fingerprint density at radius 1 is 1.39 bits per heavy atom. The standard InChI is InChI=1S/C16H33NO/c1-5-14(3)11-17(6-2)12-16(13-18)9-7-8-15(4)10-16/h14-15,18H,5-13H2,1-4H3. The van der Waals surface area contributed by atoms with Gasteiger partial charge in [-0.25, -0.2) is 0 Å². The van der Waals surface area contributed by atoms with Crippen LogP contribution in [0.25, 0.3) is 0 Å². The van der Waals surface area contributed by atoms with Crippen LogP contribution in [0.3, 0.4) is 0 Å². The Bertz CT molecular complexity index is 231. The van der Waals surface area contributed by atoms with Crippen molar-refractivity contribution < 1.29 is 5.11 Å². The molecule has 18 heavy (non-hydrogen) atoms. The molecule has 2 heteroatoms. The summed E-state index contributed by atoms with van der Waals surface area (Å²) in [5, 5.41) is 9.87. The van der Waals surface area contributed by atoms with Crippen molar-refractivity contribution in [1.82, 2.24) is 4.90 Å². The molecule has 1 N–H and O–H groups in total. The fraction of sp³-hybridized carbons (Fsp3) is 1.00. The minimum Gasteiger partial charge on any atom is -0.396 e. The van der Waals surface area contributed by atoms with E-state index in [-0.39, 0.29) is 5.41 Å². The quantitative estimate of drug-likeness (QED) is 0.752. The maximum atomic E-state index is 9.87. The van der Waals surface area contributed by atoms with E-state index in [0.717, 1.165) is 24.9 Å². The predicted octanol–water partition coefficient (Wildman–Crippen LogP) is 3.54. The number of hydrogen-bond acceptors (Lipinski definition) is 2. The Kier molecular flexibility index (Phi) is 6.65. The summed E-state index contributed by atoms with van der Waals surface area (Å²) in [7, 11) is 0. The van der Waals surface area contributed by atoms with Crippen molar-refractivity contribution >= 4 is 0 Å². The number of rotatable bonds is 7. The van der Waals surface area contributed by atoms with Crippen molar-refractivity contribution in [3.63, 3.8) is 0 Å². The Morgan fingerprint density at radius 2 is 2.11 bits per heavy atom. The van der Waals surface area contributed by atoms with Gasteiger partial charge in [0.25, 0.3) is 0 Å². The zero-order valence-corrected chi connectivity index (χ0v) is 12.9. The summed E-state index contributed by atoms with van der Waals surface area (Å²) in [5.41, 5.74) is 0.182. The first-order valence-corrected chi connectivity index (χ1v) is 7.88. The van der Waals surface area contributed by atoms with E-state index in [0.29, 0.717) is 6.61 Å². The largest absolute Gasteiger partial charge is 0.396 e. The fourth-order valence-electron chi connectivity index (χ4n) is 3.46. The molecule has 108 valence electrons. The molecular weight excluding hydrogens is 222 g/mol. The first kappa shape index (κ1) is 16.0. The summed E-state index contributed by atoms with van der Waals surface area (Å²) in [4.78, 5) is 2.56. The third-order valence-electron chi connectivity index (χ3n) is 4.79. The Hall–Kier alpha value is -0.0800.